The summed E-state index contributed by atoms with van der Waals surface area (Å²) in [5, 5.41) is 20.5. The zero-order valence-electron chi connectivity index (χ0n) is 14.9. The SMILES string of the molecule is COC(=O)c1c(O)cc(O)c(CC=C(C)C)c1CCc1ccccc1. The first kappa shape index (κ1) is 18.6. The number of phenols is 2. The third kappa shape index (κ3) is 4.63. The standard InChI is InChI=1S/C21H24O4/c1-14(2)9-11-16-17(12-10-15-7-5-4-6-8-15)20(21(24)25-3)19(23)13-18(16)22/h4-9,13,22-23H,10-12H2,1-3H3. The van der Waals surface area contributed by atoms with E-state index in [2.05, 4.69) is 0 Å². The smallest absolute Gasteiger partial charge is 0.341 e. The highest BCUT2D eigenvalue weighted by atomic mass is 16.5. The lowest BCUT2D eigenvalue weighted by Crippen LogP contribution is -2.10. The predicted molar refractivity (Wildman–Crippen MR) is 98.1 cm³/mol. The van der Waals surface area contributed by atoms with Crippen LogP contribution in [0.2, 0.25) is 0 Å². The Morgan fingerprint density at radius 3 is 2.32 bits per heavy atom. The van der Waals surface area contributed by atoms with Gasteiger partial charge in [0.1, 0.15) is 17.1 Å². The van der Waals surface area contributed by atoms with E-state index >= 15 is 0 Å². The van der Waals surface area contributed by atoms with E-state index in [1.54, 1.807) is 0 Å². The van der Waals surface area contributed by atoms with Gasteiger partial charge in [0.25, 0.3) is 0 Å². The van der Waals surface area contributed by atoms with Crippen molar-refractivity contribution in [3.8, 4) is 11.5 Å². The Morgan fingerprint density at radius 1 is 1.04 bits per heavy atom. The number of aromatic hydroxyl groups is 2. The molecule has 0 aliphatic rings. The molecule has 0 atom stereocenters. The van der Waals surface area contributed by atoms with Crippen LogP contribution in [0.1, 0.15) is 40.9 Å². The number of rotatable bonds is 6. The molecular formula is C21H24O4. The molecule has 0 aliphatic carbocycles. The molecule has 4 heteroatoms. The van der Waals surface area contributed by atoms with Crippen molar-refractivity contribution in [1.82, 2.24) is 0 Å². The molecule has 0 bridgehead atoms. The molecule has 0 spiro atoms. The van der Waals surface area contributed by atoms with Gasteiger partial charge in [-0.2, -0.15) is 0 Å². The first-order valence-electron chi connectivity index (χ1n) is 8.26. The van der Waals surface area contributed by atoms with E-state index < -0.39 is 5.97 Å². The van der Waals surface area contributed by atoms with Crippen LogP contribution in [0.15, 0.2) is 48.0 Å². The number of aryl methyl sites for hydroxylation is 1. The Balaban J connectivity index is 2.49. The van der Waals surface area contributed by atoms with E-state index in [0.717, 1.165) is 11.1 Å². The van der Waals surface area contributed by atoms with Crippen molar-refractivity contribution in [3.63, 3.8) is 0 Å². The van der Waals surface area contributed by atoms with Crippen LogP contribution < -0.4 is 0 Å². The summed E-state index contributed by atoms with van der Waals surface area (Å²) in [7, 11) is 1.28. The minimum absolute atomic E-state index is 0.00860. The molecule has 0 aromatic heterocycles. The third-order valence-electron chi connectivity index (χ3n) is 4.12. The number of hydrogen-bond acceptors (Lipinski definition) is 4. The van der Waals surface area contributed by atoms with Crippen LogP contribution in [0.3, 0.4) is 0 Å². The average Bonchev–Trinajstić information content (AvgIpc) is 2.59. The summed E-state index contributed by atoms with van der Waals surface area (Å²) in [6.07, 6.45) is 3.68. The molecule has 4 nitrogen and oxygen atoms in total. The predicted octanol–water partition coefficient (Wildman–Crippen LogP) is 4.18. The fourth-order valence-electron chi connectivity index (χ4n) is 2.80. The molecule has 2 rings (SSSR count). The minimum Gasteiger partial charge on any atom is -0.508 e. The lowest BCUT2D eigenvalue weighted by atomic mass is 9.91. The Hall–Kier alpha value is -2.75. The summed E-state index contributed by atoms with van der Waals surface area (Å²) in [5.41, 5.74) is 3.64. The highest BCUT2D eigenvalue weighted by Crippen LogP contribution is 2.34. The van der Waals surface area contributed by atoms with Crippen molar-refractivity contribution in [2.45, 2.75) is 33.1 Å². The van der Waals surface area contributed by atoms with Gasteiger partial charge in [-0.25, -0.2) is 4.79 Å². The van der Waals surface area contributed by atoms with E-state index in [0.29, 0.717) is 30.4 Å². The van der Waals surface area contributed by atoms with Gasteiger partial charge in [-0.1, -0.05) is 42.0 Å². The summed E-state index contributed by atoms with van der Waals surface area (Å²) < 4.78 is 4.83. The number of esters is 1. The number of carbonyl (C=O) groups is 1. The maximum absolute atomic E-state index is 12.2. The van der Waals surface area contributed by atoms with Gasteiger partial charge < -0.3 is 14.9 Å². The zero-order chi connectivity index (χ0) is 18.4. The van der Waals surface area contributed by atoms with Gasteiger partial charge in [0.05, 0.1) is 7.11 Å². The molecule has 132 valence electrons. The molecule has 0 unspecified atom stereocenters. The molecule has 0 heterocycles. The summed E-state index contributed by atoms with van der Waals surface area (Å²) in [6.45, 7) is 3.95. The Kier molecular flexibility index (Phi) is 6.23. The molecule has 0 aliphatic heterocycles. The Morgan fingerprint density at radius 2 is 1.72 bits per heavy atom. The Labute approximate surface area is 148 Å². The van der Waals surface area contributed by atoms with E-state index in [1.165, 1.54) is 13.2 Å². The van der Waals surface area contributed by atoms with Crippen molar-refractivity contribution in [2.24, 2.45) is 0 Å². The largest absolute Gasteiger partial charge is 0.508 e. The van der Waals surface area contributed by atoms with Gasteiger partial charge in [-0.15, -0.1) is 0 Å². The zero-order valence-corrected chi connectivity index (χ0v) is 14.9. The van der Waals surface area contributed by atoms with Crippen LogP contribution in [0.4, 0.5) is 0 Å². The minimum atomic E-state index is -0.598. The fourth-order valence-corrected chi connectivity index (χ4v) is 2.80. The highest BCUT2D eigenvalue weighted by molar-refractivity contribution is 5.95. The van der Waals surface area contributed by atoms with E-state index in [-0.39, 0.29) is 17.1 Å². The van der Waals surface area contributed by atoms with Crippen LogP contribution in [0, 0.1) is 0 Å². The third-order valence-corrected chi connectivity index (χ3v) is 4.12. The van der Waals surface area contributed by atoms with Crippen molar-refractivity contribution < 1.29 is 19.7 Å². The van der Waals surface area contributed by atoms with Gasteiger partial charge in [-0.3, -0.25) is 0 Å². The van der Waals surface area contributed by atoms with Gasteiger partial charge in [0, 0.05) is 11.6 Å². The van der Waals surface area contributed by atoms with E-state index in [1.807, 2.05) is 50.3 Å². The van der Waals surface area contributed by atoms with Crippen molar-refractivity contribution in [2.75, 3.05) is 7.11 Å². The van der Waals surface area contributed by atoms with Crippen molar-refractivity contribution in [1.29, 1.82) is 0 Å². The van der Waals surface area contributed by atoms with Crippen LogP contribution >= 0.6 is 0 Å². The second-order valence-electron chi connectivity index (χ2n) is 6.21. The normalized spacial score (nSPS) is 10.4. The first-order chi connectivity index (χ1) is 11.9. The topological polar surface area (TPSA) is 66.8 Å². The molecule has 2 aromatic rings. The quantitative estimate of drug-likeness (QED) is 0.611. The van der Waals surface area contributed by atoms with Gasteiger partial charge in [0.2, 0.25) is 0 Å². The summed E-state index contributed by atoms with van der Waals surface area (Å²) >= 11 is 0. The van der Waals surface area contributed by atoms with Crippen LogP contribution in [0.25, 0.3) is 0 Å². The number of benzene rings is 2. The van der Waals surface area contributed by atoms with Crippen LogP contribution in [-0.2, 0) is 24.0 Å². The lowest BCUT2D eigenvalue weighted by molar-refractivity contribution is 0.0596. The van der Waals surface area contributed by atoms with Gasteiger partial charge in [0.15, 0.2) is 0 Å². The molecule has 0 saturated heterocycles. The van der Waals surface area contributed by atoms with Crippen LogP contribution in [0.5, 0.6) is 11.5 Å². The van der Waals surface area contributed by atoms with Crippen molar-refractivity contribution in [3.05, 3.63) is 70.3 Å². The average molecular weight is 340 g/mol. The van der Waals surface area contributed by atoms with E-state index in [4.69, 9.17) is 4.74 Å². The summed E-state index contributed by atoms with van der Waals surface area (Å²) in [6, 6.07) is 11.1. The monoisotopic (exact) mass is 340 g/mol. The summed E-state index contributed by atoms with van der Waals surface area (Å²) in [4.78, 5) is 12.2. The maximum Gasteiger partial charge on any atom is 0.341 e. The van der Waals surface area contributed by atoms with E-state index in [9.17, 15) is 15.0 Å². The molecular weight excluding hydrogens is 316 g/mol. The number of phenolic OH excluding ortho intramolecular Hbond substituents is 2. The second-order valence-corrected chi connectivity index (χ2v) is 6.21. The molecule has 2 aromatic carbocycles. The number of methoxy groups -OCH3 is 1. The summed E-state index contributed by atoms with van der Waals surface area (Å²) in [5.74, 6) is -0.863. The molecule has 2 N–H and O–H groups in total. The molecule has 0 amide bonds. The lowest BCUT2D eigenvalue weighted by Gasteiger charge is -2.16. The van der Waals surface area contributed by atoms with Gasteiger partial charge >= 0.3 is 5.97 Å². The second kappa shape index (κ2) is 8.38. The van der Waals surface area contributed by atoms with Crippen molar-refractivity contribution >= 4 is 5.97 Å². The van der Waals surface area contributed by atoms with Gasteiger partial charge in [-0.05, 0) is 44.2 Å². The molecule has 0 radical (unpaired) electrons. The first-order valence-corrected chi connectivity index (χ1v) is 8.26. The highest BCUT2D eigenvalue weighted by Gasteiger charge is 2.22. The molecule has 0 fully saturated rings. The molecule has 0 saturated carbocycles. The fraction of sp³-hybridized carbons (Fsp3) is 0.286. The maximum atomic E-state index is 12.2. The number of ether oxygens (including phenoxy) is 1. The number of carbonyl (C=O) groups excluding carboxylic acids is 1. The van der Waals surface area contributed by atoms with Crippen LogP contribution in [-0.4, -0.2) is 23.3 Å². The Bertz CT molecular complexity index is 772. The number of allylic oxidation sites excluding steroid dienone is 2. The number of hydrogen-bond donors (Lipinski definition) is 2. The molecule has 25 heavy (non-hydrogen) atoms.